The number of carbonyl (C=O) groups is 3. The van der Waals surface area contributed by atoms with Crippen molar-refractivity contribution < 1.29 is 19.5 Å². The van der Waals surface area contributed by atoms with Crippen LogP contribution in [0.25, 0.3) is 0 Å². The van der Waals surface area contributed by atoms with Crippen LogP contribution in [0.5, 0.6) is 0 Å². The van der Waals surface area contributed by atoms with E-state index in [9.17, 15) is 14.4 Å². The lowest BCUT2D eigenvalue weighted by Gasteiger charge is -2.38. The molecule has 3 heterocycles. The van der Waals surface area contributed by atoms with Gasteiger partial charge in [0, 0.05) is 58.7 Å². The number of aromatic nitrogens is 1. The molecular formula is C29H32Br2ClN3O4. The number of aryl methyl sites for hydroxylation is 2. The summed E-state index contributed by atoms with van der Waals surface area (Å²) in [5, 5.41) is 9.60. The number of fused-ring (bicyclic) bond motifs is 2. The first-order chi connectivity index (χ1) is 18.7. The van der Waals surface area contributed by atoms with E-state index in [4.69, 9.17) is 21.7 Å². The summed E-state index contributed by atoms with van der Waals surface area (Å²) in [5.41, 5.74) is 4.94. The molecular weight excluding hydrogens is 650 g/mol. The number of benzene rings is 1. The van der Waals surface area contributed by atoms with Crippen molar-refractivity contribution in [3.8, 4) is 0 Å². The Kier molecular flexibility index (Phi) is 8.98. The first-order valence-corrected chi connectivity index (χ1v) is 15.6. The summed E-state index contributed by atoms with van der Waals surface area (Å²) in [5.74, 6) is -0.530. The zero-order chi connectivity index (χ0) is 27.7. The van der Waals surface area contributed by atoms with Crippen molar-refractivity contribution >= 4 is 61.2 Å². The van der Waals surface area contributed by atoms with E-state index in [2.05, 4.69) is 44.0 Å². The fourth-order valence-corrected chi connectivity index (χ4v) is 8.02. The monoisotopic (exact) mass is 679 g/mol. The van der Waals surface area contributed by atoms with Gasteiger partial charge in [0.2, 0.25) is 11.8 Å². The van der Waals surface area contributed by atoms with Crippen molar-refractivity contribution in [2.45, 2.75) is 57.3 Å². The molecule has 0 bridgehead atoms. The molecule has 208 valence electrons. The molecule has 5 rings (SSSR count). The normalized spacial score (nSPS) is 20.2. The molecule has 1 unspecified atom stereocenters. The van der Waals surface area contributed by atoms with Crippen LogP contribution in [0.3, 0.4) is 0 Å². The van der Waals surface area contributed by atoms with Gasteiger partial charge in [0.05, 0.1) is 5.69 Å². The highest BCUT2D eigenvalue weighted by Gasteiger charge is 2.37. The zero-order valence-corrected chi connectivity index (χ0v) is 25.6. The summed E-state index contributed by atoms with van der Waals surface area (Å²) in [4.78, 5) is 44.6. The molecule has 3 aliphatic rings. The molecule has 0 radical (unpaired) electrons. The highest BCUT2D eigenvalue weighted by Crippen LogP contribution is 2.46. The van der Waals surface area contributed by atoms with Crippen molar-refractivity contribution in [2.75, 3.05) is 26.2 Å². The van der Waals surface area contributed by atoms with E-state index in [1.54, 1.807) is 4.90 Å². The number of carboxylic acids is 1. The largest absolute Gasteiger partial charge is 0.481 e. The van der Waals surface area contributed by atoms with Crippen LogP contribution in [0.2, 0.25) is 5.02 Å². The van der Waals surface area contributed by atoms with Gasteiger partial charge in [0.25, 0.3) is 0 Å². The van der Waals surface area contributed by atoms with Gasteiger partial charge in [-0.15, -0.1) is 0 Å². The van der Waals surface area contributed by atoms with Crippen LogP contribution in [0.4, 0.5) is 0 Å². The van der Waals surface area contributed by atoms with Crippen molar-refractivity contribution in [3.63, 3.8) is 0 Å². The number of rotatable bonds is 5. The number of hydrogen-bond donors (Lipinski definition) is 1. The standard InChI is InChI=1S/C29H32Br2ClN3O4/c30-21-12-20-2-1-19-13-22(32)14-23(31)27(19)28(29(20)33-16-21)18-5-9-35(10-6-18)24(36)11-17-3-7-34(8-4-17)25(37)15-26(38)39/h12-14,16-18,28H,1-11,15H2,(H,38,39). The number of piperidine rings is 2. The molecule has 1 aromatic heterocycles. The van der Waals surface area contributed by atoms with Gasteiger partial charge in [-0.3, -0.25) is 19.4 Å². The molecule has 2 aromatic rings. The molecule has 1 aliphatic carbocycles. The van der Waals surface area contributed by atoms with Crippen LogP contribution in [0.15, 0.2) is 33.3 Å². The van der Waals surface area contributed by atoms with Gasteiger partial charge in [-0.05, 0) is 101 Å². The number of halogens is 3. The second-order valence-electron chi connectivity index (χ2n) is 11.0. The molecule has 1 atom stereocenters. The molecule has 0 spiro atoms. The molecule has 2 fully saturated rings. The van der Waals surface area contributed by atoms with Gasteiger partial charge in [-0.1, -0.05) is 27.5 Å². The first-order valence-electron chi connectivity index (χ1n) is 13.6. The van der Waals surface area contributed by atoms with E-state index in [1.807, 2.05) is 17.2 Å². The predicted molar refractivity (Wildman–Crippen MR) is 156 cm³/mol. The Morgan fingerprint density at radius 2 is 1.56 bits per heavy atom. The molecule has 1 N–H and O–H groups in total. The summed E-state index contributed by atoms with van der Waals surface area (Å²) >= 11 is 13.9. The lowest BCUT2D eigenvalue weighted by atomic mass is 9.76. The van der Waals surface area contributed by atoms with Gasteiger partial charge in [-0.2, -0.15) is 0 Å². The van der Waals surface area contributed by atoms with Gasteiger partial charge < -0.3 is 14.9 Å². The number of amides is 2. The number of pyridine rings is 1. The quantitative estimate of drug-likeness (QED) is 0.401. The first kappa shape index (κ1) is 28.6. The Morgan fingerprint density at radius 1 is 0.923 bits per heavy atom. The Bertz CT molecular complexity index is 1270. The number of aliphatic carboxylic acids is 1. The topological polar surface area (TPSA) is 90.8 Å². The van der Waals surface area contributed by atoms with Gasteiger partial charge >= 0.3 is 5.97 Å². The molecule has 39 heavy (non-hydrogen) atoms. The molecule has 10 heteroatoms. The zero-order valence-electron chi connectivity index (χ0n) is 21.7. The molecule has 2 aliphatic heterocycles. The van der Waals surface area contributed by atoms with Crippen molar-refractivity contribution in [1.29, 1.82) is 0 Å². The van der Waals surface area contributed by atoms with E-state index in [0.29, 0.717) is 25.4 Å². The van der Waals surface area contributed by atoms with E-state index >= 15 is 0 Å². The Balaban J connectivity index is 1.24. The number of carboxylic acid groups (broad SMARTS) is 1. The Morgan fingerprint density at radius 3 is 2.26 bits per heavy atom. The third kappa shape index (κ3) is 6.51. The SMILES string of the molecule is O=C(O)CC(=O)N1CCC(CC(=O)N2CCC(C3c4ncc(Br)cc4CCc4cc(Cl)cc(Br)c43)CC2)CC1. The smallest absolute Gasteiger partial charge is 0.312 e. The maximum Gasteiger partial charge on any atom is 0.312 e. The number of hydrogen-bond acceptors (Lipinski definition) is 4. The summed E-state index contributed by atoms with van der Waals surface area (Å²) in [6, 6.07) is 6.27. The Hall–Kier alpha value is -1.97. The molecule has 1 aromatic carbocycles. The van der Waals surface area contributed by atoms with Crippen LogP contribution in [0, 0.1) is 11.8 Å². The maximum absolute atomic E-state index is 13.2. The number of likely N-dealkylation sites (tertiary alicyclic amines) is 2. The third-order valence-corrected chi connectivity index (χ3v) is 9.82. The van der Waals surface area contributed by atoms with Crippen LogP contribution >= 0.6 is 43.5 Å². The maximum atomic E-state index is 13.2. The summed E-state index contributed by atoms with van der Waals surface area (Å²) in [6.45, 7) is 2.49. The summed E-state index contributed by atoms with van der Waals surface area (Å²) < 4.78 is 2.01. The van der Waals surface area contributed by atoms with Gasteiger partial charge in [-0.25, -0.2) is 0 Å². The summed E-state index contributed by atoms with van der Waals surface area (Å²) in [7, 11) is 0. The lowest BCUT2D eigenvalue weighted by Crippen LogP contribution is -2.43. The average Bonchev–Trinajstić information content (AvgIpc) is 3.05. The highest BCUT2D eigenvalue weighted by molar-refractivity contribution is 9.10. The van der Waals surface area contributed by atoms with Crippen LogP contribution < -0.4 is 0 Å². The van der Waals surface area contributed by atoms with Crippen LogP contribution in [-0.2, 0) is 27.2 Å². The third-order valence-electron chi connectivity index (χ3n) is 8.51. The molecule has 7 nitrogen and oxygen atoms in total. The average molecular weight is 682 g/mol. The minimum atomic E-state index is -1.10. The van der Waals surface area contributed by atoms with Crippen molar-refractivity contribution in [3.05, 3.63) is 60.7 Å². The number of nitrogens with zero attached hydrogens (tertiary/aromatic N) is 3. The minimum absolute atomic E-state index is 0.141. The minimum Gasteiger partial charge on any atom is -0.481 e. The van der Waals surface area contributed by atoms with Crippen LogP contribution in [0.1, 0.15) is 66.8 Å². The second kappa shape index (κ2) is 12.3. The molecule has 2 amide bonds. The van der Waals surface area contributed by atoms with Crippen LogP contribution in [-0.4, -0.2) is 63.9 Å². The number of carbonyl (C=O) groups excluding carboxylic acids is 2. The molecule has 0 saturated carbocycles. The van der Waals surface area contributed by atoms with E-state index in [-0.39, 0.29) is 23.7 Å². The summed E-state index contributed by atoms with van der Waals surface area (Å²) in [6.07, 6.45) is 7.02. The fraction of sp³-hybridized carbons (Fsp3) is 0.517. The van der Waals surface area contributed by atoms with E-state index in [0.717, 1.165) is 71.3 Å². The van der Waals surface area contributed by atoms with Crippen molar-refractivity contribution in [2.24, 2.45) is 11.8 Å². The predicted octanol–water partition coefficient (Wildman–Crippen LogP) is 5.83. The fourth-order valence-electron chi connectivity index (χ4n) is 6.52. The Labute approximate surface area is 250 Å². The second-order valence-corrected chi connectivity index (χ2v) is 13.2. The lowest BCUT2D eigenvalue weighted by molar-refractivity contribution is -0.144. The van der Waals surface area contributed by atoms with Crippen molar-refractivity contribution in [1.82, 2.24) is 14.8 Å². The molecule has 2 saturated heterocycles. The highest BCUT2D eigenvalue weighted by atomic mass is 79.9. The van der Waals surface area contributed by atoms with E-state index < -0.39 is 12.4 Å². The van der Waals surface area contributed by atoms with E-state index in [1.165, 1.54) is 16.7 Å². The van der Waals surface area contributed by atoms with Gasteiger partial charge in [0.1, 0.15) is 6.42 Å². The van der Waals surface area contributed by atoms with Gasteiger partial charge in [0.15, 0.2) is 0 Å².